The van der Waals surface area contributed by atoms with Gasteiger partial charge < -0.3 is 9.47 Å². The molecule has 3 rings (SSSR count). The molecule has 0 saturated heterocycles. The number of aryl methyl sites for hydroxylation is 1. The van der Waals surface area contributed by atoms with Gasteiger partial charge in [0.1, 0.15) is 12.4 Å². The van der Waals surface area contributed by atoms with E-state index in [0.29, 0.717) is 31.1 Å². The third-order valence-corrected chi connectivity index (χ3v) is 4.15. The first-order valence-electron chi connectivity index (χ1n) is 8.49. The molecule has 5 nitrogen and oxygen atoms in total. The van der Waals surface area contributed by atoms with Crippen molar-refractivity contribution in [2.45, 2.75) is 20.1 Å². The third-order valence-electron chi connectivity index (χ3n) is 4.15. The van der Waals surface area contributed by atoms with Crippen molar-refractivity contribution >= 4 is 6.29 Å². The van der Waals surface area contributed by atoms with E-state index in [-0.39, 0.29) is 0 Å². The highest BCUT2D eigenvalue weighted by molar-refractivity contribution is 5.84. The first-order valence-corrected chi connectivity index (χ1v) is 8.49. The van der Waals surface area contributed by atoms with Gasteiger partial charge in [-0.05, 0) is 35.7 Å². The molecule has 2 aromatic carbocycles. The Morgan fingerprint density at radius 3 is 2.69 bits per heavy atom. The Balaban J connectivity index is 1.82. The van der Waals surface area contributed by atoms with Crippen LogP contribution in [0.3, 0.4) is 0 Å². The fourth-order valence-electron chi connectivity index (χ4n) is 2.80. The summed E-state index contributed by atoms with van der Waals surface area (Å²) in [4.78, 5) is 11.6. The standard InChI is InChI=1S/C21H22N2O3/c1-16-10-18(20-12-22-23(13-20)8-9-25-2)11-19(14-24)21(16)26-15-17-6-4-3-5-7-17/h3-7,10-14H,8-9,15H2,1-2H3. The number of aldehydes is 1. The van der Waals surface area contributed by atoms with Crippen LogP contribution in [0.4, 0.5) is 0 Å². The number of hydrogen-bond acceptors (Lipinski definition) is 4. The summed E-state index contributed by atoms with van der Waals surface area (Å²) in [6.07, 6.45) is 4.59. The molecule has 0 aliphatic heterocycles. The largest absolute Gasteiger partial charge is 0.488 e. The second-order valence-electron chi connectivity index (χ2n) is 6.09. The van der Waals surface area contributed by atoms with Gasteiger partial charge in [-0.1, -0.05) is 30.3 Å². The van der Waals surface area contributed by atoms with Crippen molar-refractivity contribution in [2.75, 3.05) is 13.7 Å². The molecule has 0 bridgehead atoms. The summed E-state index contributed by atoms with van der Waals surface area (Å²) in [7, 11) is 1.66. The first-order chi connectivity index (χ1) is 12.7. The van der Waals surface area contributed by atoms with Gasteiger partial charge in [-0.2, -0.15) is 5.10 Å². The first kappa shape index (κ1) is 17.9. The van der Waals surface area contributed by atoms with Crippen LogP contribution in [-0.2, 0) is 17.9 Å². The number of aromatic nitrogens is 2. The van der Waals surface area contributed by atoms with Crippen LogP contribution in [0.25, 0.3) is 11.1 Å². The molecule has 0 amide bonds. The molecule has 0 radical (unpaired) electrons. The van der Waals surface area contributed by atoms with Gasteiger partial charge in [-0.15, -0.1) is 0 Å². The van der Waals surface area contributed by atoms with E-state index in [1.807, 2.05) is 60.3 Å². The Labute approximate surface area is 153 Å². The molecule has 1 aromatic heterocycles. The summed E-state index contributed by atoms with van der Waals surface area (Å²) in [6, 6.07) is 13.8. The highest BCUT2D eigenvalue weighted by atomic mass is 16.5. The van der Waals surface area contributed by atoms with Crippen LogP contribution in [-0.4, -0.2) is 29.8 Å². The van der Waals surface area contributed by atoms with E-state index in [4.69, 9.17) is 9.47 Å². The normalized spacial score (nSPS) is 10.7. The van der Waals surface area contributed by atoms with Crippen LogP contribution in [0, 0.1) is 6.92 Å². The van der Waals surface area contributed by atoms with E-state index in [2.05, 4.69) is 5.10 Å². The predicted octanol–water partition coefficient (Wildman–Crippen LogP) is 3.90. The average Bonchev–Trinajstić information content (AvgIpc) is 3.14. The number of rotatable bonds is 8. The molecule has 0 N–H and O–H groups in total. The van der Waals surface area contributed by atoms with Gasteiger partial charge in [0.2, 0.25) is 0 Å². The summed E-state index contributed by atoms with van der Waals surface area (Å²) >= 11 is 0. The van der Waals surface area contributed by atoms with E-state index in [0.717, 1.165) is 28.5 Å². The molecule has 0 aliphatic carbocycles. The zero-order valence-corrected chi connectivity index (χ0v) is 15.0. The lowest BCUT2D eigenvalue weighted by Gasteiger charge is -2.13. The monoisotopic (exact) mass is 350 g/mol. The molecule has 0 fully saturated rings. The van der Waals surface area contributed by atoms with Crippen molar-refractivity contribution < 1.29 is 14.3 Å². The number of hydrogen-bond donors (Lipinski definition) is 0. The summed E-state index contributed by atoms with van der Waals surface area (Å²) < 4.78 is 12.8. The molecule has 1 heterocycles. The van der Waals surface area contributed by atoms with Crippen molar-refractivity contribution in [3.05, 3.63) is 71.5 Å². The van der Waals surface area contributed by atoms with Crippen LogP contribution < -0.4 is 4.74 Å². The van der Waals surface area contributed by atoms with Crippen LogP contribution in [0.1, 0.15) is 21.5 Å². The van der Waals surface area contributed by atoms with E-state index in [1.165, 1.54) is 0 Å². The molecule has 3 aromatic rings. The van der Waals surface area contributed by atoms with E-state index >= 15 is 0 Å². The molecule has 0 aliphatic rings. The van der Waals surface area contributed by atoms with Crippen molar-refractivity contribution in [2.24, 2.45) is 0 Å². The van der Waals surface area contributed by atoms with Gasteiger partial charge in [0.05, 0.1) is 24.9 Å². The Morgan fingerprint density at radius 1 is 1.15 bits per heavy atom. The lowest BCUT2D eigenvalue weighted by Crippen LogP contribution is -2.03. The molecule has 0 saturated carbocycles. The maximum absolute atomic E-state index is 11.6. The highest BCUT2D eigenvalue weighted by Crippen LogP contribution is 2.30. The van der Waals surface area contributed by atoms with Crippen LogP contribution in [0.5, 0.6) is 5.75 Å². The summed E-state index contributed by atoms with van der Waals surface area (Å²) in [5.41, 5.74) is 4.43. The molecular formula is C21H22N2O3. The minimum absolute atomic E-state index is 0.427. The smallest absolute Gasteiger partial charge is 0.153 e. The number of nitrogens with zero attached hydrogens (tertiary/aromatic N) is 2. The van der Waals surface area contributed by atoms with Gasteiger partial charge in [0.25, 0.3) is 0 Å². The Bertz CT molecular complexity index is 872. The number of benzene rings is 2. The molecule has 5 heteroatoms. The number of methoxy groups -OCH3 is 1. The quantitative estimate of drug-likeness (QED) is 0.578. The Kier molecular flexibility index (Phi) is 5.81. The molecule has 134 valence electrons. The molecule has 26 heavy (non-hydrogen) atoms. The topological polar surface area (TPSA) is 53.4 Å². The fourth-order valence-corrected chi connectivity index (χ4v) is 2.80. The van der Waals surface area contributed by atoms with Gasteiger partial charge >= 0.3 is 0 Å². The van der Waals surface area contributed by atoms with E-state index in [1.54, 1.807) is 13.3 Å². The summed E-state index contributed by atoms with van der Waals surface area (Å²) in [5, 5.41) is 4.33. The minimum atomic E-state index is 0.427. The van der Waals surface area contributed by atoms with Crippen LogP contribution in [0.2, 0.25) is 0 Å². The maximum atomic E-state index is 11.6. The zero-order valence-electron chi connectivity index (χ0n) is 15.0. The lowest BCUT2D eigenvalue weighted by atomic mass is 10.0. The zero-order chi connectivity index (χ0) is 18.4. The molecule has 0 atom stereocenters. The van der Waals surface area contributed by atoms with E-state index < -0.39 is 0 Å². The van der Waals surface area contributed by atoms with Crippen molar-refractivity contribution in [3.63, 3.8) is 0 Å². The van der Waals surface area contributed by atoms with Gasteiger partial charge in [0, 0.05) is 18.9 Å². The van der Waals surface area contributed by atoms with Crippen molar-refractivity contribution in [1.82, 2.24) is 9.78 Å². The minimum Gasteiger partial charge on any atom is -0.488 e. The van der Waals surface area contributed by atoms with Crippen molar-refractivity contribution in [1.29, 1.82) is 0 Å². The molecule has 0 spiro atoms. The van der Waals surface area contributed by atoms with Crippen LogP contribution in [0.15, 0.2) is 54.9 Å². The lowest BCUT2D eigenvalue weighted by molar-refractivity contribution is 0.111. The Morgan fingerprint density at radius 2 is 1.96 bits per heavy atom. The number of ether oxygens (including phenoxy) is 2. The molecule has 0 unspecified atom stereocenters. The van der Waals surface area contributed by atoms with Gasteiger partial charge in [-0.3, -0.25) is 9.48 Å². The number of carbonyl (C=O) groups is 1. The summed E-state index contributed by atoms with van der Waals surface area (Å²) in [5.74, 6) is 0.624. The summed E-state index contributed by atoms with van der Waals surface area (Å²) in [6.45, 7) is 3.67. The predicted molar refractivity (Wildman–Crippen MR) is 100 cm³/mol. The highest BCUT2D eigenvalue weighted by Gasteiger charge is 2.12. The van der Waals surface area contributed by atoms with Crippen molar-refractivity contribution in [3.8, 4) is 16.9 Å². The van der Waals surface area contributed by atoms with E-state index in [9.17, 15) is 4.79 Å². The second-order valence-corrected chi connectivity index (χ2v) is 6.09. The molecular weight excluding hydrogens is 328 g/mol. The average molecular weight is 350 g/mol. The van der Waals surface area contributed by atoms with Gasteiger partial charge in [-0.25, -0.2) is 0 Å². The second kappa shape index (κ2) is 8.45. The number of carbonyl (C=O) groups excluding carboxylic acids is 1. The Hall–Kier alpha value is -2.92. The van der Waals surface area contributed by atoms with Gasteiger partial charge in [0.15, 0.2) is 6.29 Å². The van der Waals surface area contributed by atoms with Crippen LogP contribution >= 0.6 is 0 Å². The third kappa shape index (κ3) is 4.18. The SMILES string of the molecule is COCCn1cc(-c2cc(C)c(OCc3ccccc3)c(C=O)c2)cn1. The maximum Gasteiger partial charge on any atom is 0.153 e. The fraction of sp³-hybridized carbons (Fsp3) is 0.238.